The zero-order valence-corrected chi connectivity index (χ0v) is 11.9. The molecule has 0 amide bonds. The molecule has 0 bridgehead atoms. The van der Waals surface area contributed by atoms with Gasteiger partial charge in [-0.15, -0.1) is 11.3 Å². The smallest absolute Gasteiger partial charge is 0.237 e. The zero-order valence-electron chi connectivity index (χ0n) is 11.1. The molecule has 6 heteroatoms. The summed E-state index contributed by atoms with van der Waals surface area (Å²) < 4.78 is 7.30. The molecule has 18 heavy (non-hydrogen) atoms. The first-order valence-corrected chi connectivity index (χ1v) is 6.75. The number of nitrogens with one attached hydrogen (secondary N) is 1. The lowest BCUT2D eigenvalue weighted by molar-refractivity contribution is 0.0951. The number of hydrogen-bond acceptors (Lipinski definition) is 5. The zero-order chi connectivity index (χ0) is 13.3. The molecule has 0 saturated heterocycles. The van der Waals surface area contributed by atoms with Crippen LogP contribution >= 0.6 is 11.3 Å². The Bertz CT molecular complexity index is 530. The van der Waals surface area contributed by atoms with Gasteiger partial charge < -0.3 is 15.2 Å². The van der Waals surface area contributed by atoms with Crippen molar-refractivity contribution in [1.29, 1.82) is 0 Å². The Morgan fingerprint density at radius 3 is 2.94 bits per heavy atom. The van der Waals surface area contributed by atoms with Gasteiger partial charge in [0.05, 0.1) is 13.2 Å². The maximum atomic E-state index is 9.69. The Kier molecular flexibility index (Phi) is 3.61. The average Bonchev–Trinajstić information content (AvgIpc) is 2.85. The molecule has 0 aliphatic carbocycles. The maximum Gasteiger partial charge on any atom is 0.237 e. The molecular weight excluding hydrogens is 250 g/mol. The van der Waals surface area contributed by atoms with E-state index in [-0.39, 0.29) is 5.54 Å². The number of aliphatic hydroxyl groups excluding tert-OH is 1. The van der Waals surface area contributed by atoms with Crippen molar-refractivity contribution in [3.05, 3.63) is 17.3 Å². The van der Waals surface area contributed by atoms with Crippen molar-refractivity contribution in [3.63, 3.8) is 0 Å². The van der Waals surface area contributed by atoms with Crippen LogP contribution < -0.4 is 10.1 Å². The molecule has 0 aromatic carbocycles. The van der Waals surface area contributed by atoms with Crippen LogP contribution in [0.5, 0.6) is 5.88 Å². The van der Waals surface area contributed by atoms with Gasteiger partial charge in [-0.05, 0) is 20.8 Å². The number of aliphatic hydroxyl groups is 1. The van der Waals surface area contributed by atoms with Crippen LogP contribution in [-0.2, 0) is 6.54 Å². The SMILES string of the molecule is COc1nc2sccn2c1CNC(C)(C)C(C)O. The van der Waals surface area contributed by atoms with Gasteiger partial charge in [0, 0.05) is 23.7 Å². The Labute approximate surface area is 110 Å². The van der Waals surface area contributed by atoms with E-state index in [2.05, 4.69) is 10.3 Å². The van der Waals surface area contributed by atoms with Crippen LogP contribution in [0.4, 0.5) is 0 Å². The number of fused-ring (bicyclic) bond motifs is 1. The summed E-state index contributed by atoms with van der Waals surface area (Å²) in [6.45, 7) is 6.31. The molecule has 0 saturated carbocycles. The van der Waals surface area contributed by atoms with Gasteiger partial charge in [0.1, 0.15) is 5.69 Å². The first kappa shape index (κ1) is 13.3. The predicted molar refractivity (Wildman–Crippen MR) is 72.2 cm³/mol. The Hall–Kier alpha value is -1.11. The Morgan fingerprint density at radius 1 is 1.61 bits per heavy atom. The summed E-state index contributed by atoms with van der Waals surface area (Å²) in [4.78, 5) is 5.31. The van der Waals surface area contributed by atoms with Gasteiger partial charge >= 0.3 is 0 Å². The highest BCUT2D eigenvalue weighted by molar-refractivity contribution is 7.15. The molecule has 0 aliphatic heterocycles. The number of imidazole rings is 1. The van der Waals surface area contributed by atoms with E-state index < -0.39 is 6.10 Å². The second-order valence-corrected chi connectivity index (χ2v) is 5.75. The molecule has 0 aliphatic rings. The van der Waals surface area contributed by atoms with Crippen molar-refractivity contribution in [2.24, 2.45) is 0 Å². The standard InChI is InChI=1S/C12H19N3O2S/c1-8(16)12(2,3)13-7-9-10(17-4)14-11-15(9)5-6-18-11/h5-6,8,13,16H,7H2,1-4H3. The molecule has 2 N–H and O–H groups in total. The summed E-state index contributed by atoms with van der Waals surface area (Å²) in [7, 11) is 1.62. The van der Waals surface area contributed by atoms with E-state index >= 15 is 0 Å². The number of hydrogen-bond donors (Lipinski definition) is 2. The molecule has 2 aromatic heterocycles. The third-order valence-corrected chi connectivity index (χ3v) is 4.03. The summed E-state index contributed by atoms with van der Waals surface area (Å²) >= 11 is 1.57. The van der Waals surface area contributed by atoms with Gasteiger partial charge in [0.2, 0.25) is 5.88 Å². The predicted octanol–water partition coefficient (Wildman–Crippen LogP) is 1.65. The van der Waals surface area contributed by atoms with Crippen molar-refractivity contribution < 1.29 is 9.84 Å². The first-order chi connectivity index (χ1) is 8.45. The monoisotopic (exact) mass is 269 g/mol. The molecule has 0 spiro atoms. The molecule has 1 unspecified atom stereocenters. The minimum absolute atomic E-state index is 0.356. The minimum Gasteiger partial charge on any atom is -0.480 e. The van der Waals surface area contributed by atoms with Crippen LogP contribution in [0, 0.1) is 0 Å². The molecule has 2 rings (SSSR count). The Morgan fingerprint density at radius 2 is 2.33 bits per heavy atom. The molecule has 5 nitrogen and oxygen atoms in total. The minimum atomic E-state index is -0.436. The fourth-order valence-electron chi connectivity index (χ4n) is 1.60. The van der Waals surface area contributed by atoms with Crippen LogP contribution in [-0.4, -0.2) is 33.2 Å². The molecule has 0 fully saturated rings. The summed E-state index contributed by atoms with van der Waals surface area (Å²) in [6.07, 6.45) is 1.54. The van der Waals surface area contributed by atoms with Crippen LogP contribution in [0.3, 0.4) is 0 Å². The Balaban J connectivity index is 2.23. The van der Waals surface area contributed by atoms with E-state index in [1.54, 1.807) is 25.4 Å². The molecule has 2 aromatic rings. The van der Waals surface area contributed by atoms with Gasteiger partial charge in [-0.1, -0.05) is 0 Å². The van der Waals surface area contributed by atoms with Crippen LogP contribution in [0.2, 0.25) is 0 Å². The van der Waals surface area contributed by atoms with E-state index in [1.165, 1.54) is 0 Å². The maximum absolute atomic E-state index is 9.69. The van der Waals surface area contributed by atoms with E-state index in [4.69, 9.17) is 4.74 Å². The summed E-state index contributed by atoms with van der Waals surface area (Å²) in [6, 6.07) is 0. The highest BCUT2D eigenvalue weighted by atomic mass is 32.1. The van der Waals surface area contributed by atoms with Crippen LogP contribution in [0.1, 0.15) is 26.5 Å². The summed E-state index contributed by atoms with van der Waals surface area (Å²) in [5.74, 6) is 0.635. The topological polar surface area (TPSA) is 58.8 Å². The lowest BCUT2D eigenvalue weighted by atomic mass is 9.99. The van der Waals surface area contributed by atoms with Crippen molar-refractivity contribution in [1.82, 2.24) is 14.7 Å². The molecule has 2 heterocycles. The third-order valence-electron chi connectivity index (χ3n) is 3.27. The highest BCUT2D eigenvalue weighted by Gasteiger charge is 2.24. The molecule has 100 valence electrons. The quantitative estimate of drug-likeness (QED) is 0.866. The van der Waals surface area contributed by atoms with Gasteiger partial charge in [-0.25, -0.2) is 0 Å². The van der Waals surface area contributed by atoms with Gasteiger partial charge in [0.15, 0.2) is 4.96 Å². The second-order valence-electron chi connectivity index (χ2n) is 4.87. The fraction of sp³-hybridized carbons (Fsp3) is 0.583. The van der Waals surface area contributed by atoms with Crippen molar-refractivity contribution in [2.45, 2.75) is 39.0 Å². The molecule has 1 atom stereocenters. The summed E-state index contributed by atoms with van der Waals surface area (Å²) in [5.41, 5.74) is 0.619. The lowest BCUT2D eigenvalue weighted by Crippen LogP contribution is -2.47. The van der Waals surface area contributed by atoms with Crippen LogP contribution in [0.25, 0.3) is 4.96 Å². The van der Waals surface area contributed by atoms with E-state index in [9.17, 15) is 5.11 Å². The summed E-state index contributed by atoms with van der Waals surface area (Å²) in [5, 5.41) is 15.0. The van der Waals surface area contributed by atoms with Gasteiger partial charge in [-0.3, -0.25) is 4.40 Å². The number of nitrogens with zero attached hydrogens (tertiary/aromatic N) is 2. The van der Waals surface area contributed by atoms with Crippen LogP contribution in [0.15, 0.2) is 11.6 Å². The largest absolute Gasteiger partial charge is 0.480 e. The average molecular weight is 269 g/mol. The molecule has 0 radical (unpaired) electrons. The van der Waals surface area contributed by atoms with E-state index in [0.717, 1.165) is 10.7 Å². The van der Waals surface area contributed by atoms with Gasteiger partial charge in [-0.2, -0.15) is 4.98 Å². The lowest BCUT2D eigenvalue weighted by Gasteiger charge is -2.29. The van der Waals surface area contributed by atoms with Crippen molar-refractivity contribution in [3.8, 4) is 5.88 Å². The fourth-order valence-corrected chi connectivity index (χ4v) is 2.32. The number of ether oxygens (including phenoxy) is 1. The van der Waals surface area contributed by atoms with E-state index in [0.29, 0.717) is 12.4 Å². The number of rotatable bonds is 5. The normalized spacial score (nSPS) is 14.1. The highest BCUT2D eigenvalue weighted by Crippen LogP contribution is 2.23. The first-order valence-electron chi connectivity index (χ1n) is 5.87. The second kappa shape index (κ2) is 4.87. The van der Waals surface area contributed by atoms with Crippen molar-refractivity contribution >= 4 is 16.3 Å². The number of methoxy groups -OCH3 is 1. The number of aromatic nitrogens is 2. The molecular formula is C12H19N3O2S. The van der Waals surface area contributed by atoms with Crippen molar-refractivity contribution in [2.75, 3.05) is 7.11 Å². The number of thiazole rings is 1. The van der Waals surface area contributed by atoms with E-state index in [1.807, 2.05) is 29.8 Å². The third kappa shape index (κ3) is 2.36. The van der Waals surface area contributed by atoms with Gasteiger partial charge in [0.25, 0.3) is 0 Å².